The number of benzene rings is 1. The smallest absolute Gasteiger partial charge is 0.226 e. The zero-order chi connectivity index (χ0) is 11.4. The maximum Gasteiger partial charge on any atom is 0.226 e. The lowest BCUT2D eigenvalue weighted by Gasteiger charge is -2.20. The van der Waals surface area contributed by atoms with E-state index < -0.39 is 0 Å². The SMILES string of the molecule is CC1(CC(=O)Nc2ccccc2)SCCS1. The van der Waals surface area contributed by atoms with Gasteiger partial charge in [0, 0.05) is 17.2 Å². The molecule has 1 aromatic rings. The summed E-state index contributed by atoms with van der Waals surface area (Å²) in [5.74, 6) is 2.41. The maximum absolute atomic E-state index is 11.8. The van der Waals surface area contributed by atoms with Crippen LogP contribution in [0.5, 0.6) is 0 Å². The Kier molecular flexibility index (Phi) is 3.82. The van der Waals surface area contributed by atoms with E-state index in [1.165, 1.54) is 0 Å². The van der Waals surface area contributed by atoms with Crippen molar-refractivity contribution >= 4 is 35.1 Å². The van der Waals surface area contributed by atoms with E-state index in [4.69, 9.17) is 0 Å². The van der Waals surface area contributed by atoms with Crippen molar-refractivity contribution in [2.75, 3.05) is 16.8 Å². The first kappa shape index (κ1) is 11.9. The van der Waals surface area contributed by atoms with Crippen LogP contribution in [-0.2, 0) is 4.79 Å². The lowest BCUT2D eigenvalue weighted by atomic mass is 10.2. The highest BCUT2D eigenvalue weighted by atomic mass is 32.2. The van der Waals surface area contributed by atoms with Crippen LogP contribution >= 0.6 is 23.5 Å². The fourth-order valence-electron chi connectivity index (χ4n) is 1.68. The molecule has 0 bridgehead atoms. The van der Waals surface area contributed by atoms with E-state index in [0.29, 0.717) is 6.42 Å². The number of amides is 1. The molecule has 0 unspecified atom stereocenters. The number of thioether (sulfide) groups is 2. The lowest BCUT2D eigenvalue weighted by molar-refractivity contribution is -0.116. The van der Waals surface area contributed by atoms with Crippen LogP contribution in [0.4, 0.5) is 5.69 Å². The van der Waals surface area contributed by atoms with Crippen molar-refractivity contribution in [1.82, 2.24) is 0 Å². The summed E-state index contributed by atoms with van der Waals surface area (Å²) in [5.41, 5.74) is 0.879. The van der Waals surface area contributed by atoms with Gasteiger partial charge in [-0.2, -0.15) is 0 Å². The highest BCUT2D eigenvalue weighted by molar-refractivity contribution is 8.21. The summed E-state index contributed by atoms with van der Waals surface area (Å²) in [6.45, 7) is 2.15. The van der Waals surface area contributed by atoms with E-state index in [9.17, 15) is 4.79 Å². The van der Waals surface area contributed by atoms with Crippen molar-refractivity contribution in [3.05, 3.63) is 30.3 Å². The molecule has 1 saturated heterocycles. The predicted molar refractivity (Wildman–Crippen MR) is 73.0 cm³/mol. The van der Waals surface area contributed by atoms with Gasteiger partial charge >= 0.3 is 0 Å². The van der Waals surface area contributed by atoms with Gasteiger partial charge in [0.1, 0.15) is 0 Å². The summed E-state index contributed by atoms with van der Waals surface area (Å²) in [7, 11) is 0. The third-order valence-corrected chi connectivity index (χ3v) is 5.73. The average Bonchev–Trinajstić information content (AvgIpc) is 2.66. The van der Waals surface area contributed by atoms with Crippen LogP contribution in [0.2, 0.25) is 0 Å². The summed E-state index contributed by atoms with van der Waals surface area (Å²) in [6, 6.07) is 9.62. The Balaban J connectivity index is 1.89. The Hall–Kier alpha value is -0.610. The molecule has 0 aromatic heterocycles. The largest absolute Gasteiger partial charge is 0.326 e. The lowest BCUT2D eigenvalue weighted by Crippen LogP contribution is -2.22. The van der Waals surface area contributed by atoms with Gasteiger partial charge < -0.3 is 5.32 Å². The van der Waals surface area contributed by atoms with E-state index >= 15 is 0 Å². The highest BCUT2D eigenvalue weighted by Gasteiger charge is 2.32. The van der Waals surface area contributed by atoms with Crippen molar-refractivity contribution in [1.29, 1.82) is 0 Å². The quantitative estimate of drug-likeness (QED) is 0.897. The summed E-state index contributed by atoms with van der Waals surface area (Å²) in [5, 5.41) is 2.93. The van der Waals surface area contributed by atoms with Gasteiger partial charge in [-0.3, -0.25) is 4.79 Å². The molecule has 0 radical (unpaired) electrons. The summed E-state index contributed by atoms with van der Waals surface area (Å²) in [4.78, 5) is 11.8. The monoisotopic (exact) mass is 253 g/mol. The first-order chi connectivity index (χ1) is 7.68. The molecular weight excluding hydrogens is 238 g/mol. The molecule has 1 heterocycles. The second kappa shape index (κ2) is 5.15. The normalized spacial score (nSPS) is 18.3. The van der Waals surface area contributed by atoms with Crippen LogP contribution in [0.1, 0.15) is 13.3 Å². The van der Waals surface area contributed by atoms with Gasteiger partial charge in [0.05, 0.1) is 10.5 Å². The van der Waals surface area contributed by atoms with Gasteiger partial charge in [-0.05, 0) is 19.1 Å². The van der Waals surface area contributed by atoms with Crippen molar-refractivity contribution in [2.45, 2.75) is 17.4 Å². The number of rotatable bonds is 3. The third-order valence-electron chi connectivity index (χ3n) is 2.44. The molecule has 1 aliphatic rings. The maximum atomic E-state index is 11.8. The molecule has 1 aromatic carbocycles. The van der Waals surface area contributed by atoms with E-state index in [2.05, 4.69) is 12.2 Å². The molecule has 16 heavy (non-hydrogen) atoms. The molecule has 1 N–H and O–H groups in total. The predicted octanol–water partition coefficient (Wildman–Crippen LogP) is 3.21. The third kappa shape index (κ3) is 3.19. The zero-order valence-electron chi connectivity index (χ0n) is 9.23. The van der Waals surface area contributed by atoms with Gasteiger partial charge in [0.25, 0.3) is 0 Å². The fourth-order valence-corrected chi connectivity index (χ4v) is 4.51. The van der Waals surface area contributed by atoms with Gasteiger partial charge in [-0.25, -0.2) is 0 Å². The number of hydrogen-bond acceptors (Lipinski definition) is 3. The van der Waals surface area contributed by atoms with Gasteiger partial charge in [-0.15, -0.1) is 23.5 Å². The number of nitrogens with one attached hydrogen (secondary N) is 1. The fraction of sp³-hybridized carbons (Fsp3) is 0.417. The Morgan fingerprint density at radius 1 is 1.31 bits per heavy atom. The molecule has 1 fully saturated rings. The van der Waals surface area contributed by atoms with Crippen molar-refractivity contribution in [3.8, 4) is 0 Å². The molecule has 0 aliphatic carbocycles. The van der Waals surface area contributed by atoms with Crippen molar-refractivity contribution in [2.24, 2.45) is 0 Å². The number of para-hydroxylation sites is 1. The van der Waals surface area contributed by atoms with E-state index in [1.807, 2.05) is 53.9 Å². The highest BCUT2D eigenvalue weighted by Crippen LogP contribution is 2.45. The van der Waals surface area contributed by atoms with Crippen molar-refractivity contribution in [3.63, 3.8) is 0 Å². The van der Waals surface area contributed by atoms with E-state index in [-0.39, 0.29) is 9.99 Å². The minimum absolute atomic E-state index is 0.0683. The van der Waals surface area contributed by atoms with Gasteiger partial charge in [0.15, 0.2) is 0 Å². The molecule has 4 heteroatoms. The van der Waals surface area contributed by atoms with Crippen molar-refractivity contribution < 1.29 is 4.79 Å². The molecule has 0 saturated carbocycles. The van der Waals surface area contributed by atoms with Crippen LogP contribution in [0, 0.1) is 0 Å². The van der Waals surface area contributed by atoms with Crippen LogP contribution in [0.25, 0.3) is 0 Å². The number of carbonyl (C=O) groups is 1. The molecule has 1 aliphatic heterocycles. The summed E-state index contributed by atoms with van der Waals surface area (Å²) < 4.78 is 0.0683. The molecule has 0 spiro atoms. The second-order valence-electron chi connectivity index (χ2n) is 3.92. The van der Waals surface area contributed by atoms with E-state index in [0.717, 1.165) is 17.2 Å². The molecule has 1 amide bonds. The second-order valence-corrected chi connectivity index (χ2v) is 7.38. The Bertz CT molecular complexity index is 361. The zero-order valence-corrected chi connectivity index (χ0v) is 10.9. The van der Waals surface area contributed by atoms with Crippen LogP contribution < -0.4 is 5.32 Å². The molecule has 0 atom stereocenters. The van der Waals surface area contributed by atoms with Crippen LogP contribution in [0.3, 0.4) is 0 Å². The Morgan fingerprint density at radius 2 is 1.94 bits per heavy atom. The summed E-state index contributed by atoms with van der Waals surface area (Å²) >= 11 is 3.77. The first-order valence-corrected chi connectivity index (χ1v) is 7.28. The molecule has 2 nitrogen and oxygen atoms in total. The number of carbonyl (C=O) groups excluding carboxylic acids is 1. The summed E-state index contributed by atoms with van der Waals surface area (Å²) in [6.07, 6.45) is 0.581. The molecule has 2 rings (SSSR count). The number of hydrogen-bond donors (Lipinski definition) is 1. The van der Waals surface area contributed by atoms with Crippen LogP contribution in [-0.4, -0.2) is 21.5 Å². The minimum Gasteiger partial charge on any atom is -0.326 e. The first-order valence-electron chi connectivity index (χ1n) is 5.31. The Morgan fingerprint density at radius 3 is 2.56 bits per heavy atom. The number of anilines is 1. The Labute approximate surface area is 105 Å². The minimum atomic E-state index is 0.0683. The van der Waals surface area contributed by atoms with Gasteiger partial charge in [0.2, 0.25) is 5.91 Å². The van der Waals surface area contributed by atoms with Crippen LogP contribution in [0.15, 0.2) is 30.3 Å². The average molecular weight is 253 g/mol. The van der Waals surface area contributed by atoms with Gasteiger partial charge in [-0.1, -0.05) is 18.2 Å². The topological polar surface area (TPSA) is 29.1 Å². The van der Waals surface area contributed by atoms with E-state index in [1.54, 1.807) is 0 Å². The molecule has 86 valence electrons. The molecular formula is C12H15NOS2. The standard InChI is InChI=1S/C12H15NOS2/c1-12(15-7-8-16-12)9-11(14)13-10-5-3-2-4-6-10/h2-6H,7-9H2,1H3,(H,13,14).